The number of rotatable bonds is 7. The van der Waals surface area contributed by atoms with Crippen LogP contribution in [0.15, 0.2) is 52.7 Å². The summed E-state index contributed by atoms with van der Waals surface area (Å²) in [6.45, 7) is 6.84. The molecule has 10 heteroatoms. The number of ether oxygens (including phenoxy) is 4. The molecule has 3 atom stereocenters. The number of amides is 1. The van der Waals surface area contributed by atoms with Crippen molar-refractivity contribution >= 4 is 18.2 Å². The van der Waals surface area contributed by atoms with Gasteiger partial charge in [-0.1, -0.05) is 6.07 Å². The van der Waals surface area contributed by atoms with Crippen LogP contribution in [0.1, 0.15) is 45.3 Å². The molecular weight excluding hydrogens is 474 g/mol. The number of hydrogen-bond donors (Lipinski definition) is 1. The fraction of sp³-hybridized carbons (Fsp3) is 0.481. The molecule has 1 aromatic heterocycles. The summed E-state index contributed by atoms with van der Waals surface area (Å²) in [6.07, 6.45) is 6.14. The monoisotopic (exact) mass is 509 g/mol. The van der Waals surface area contributed by atoms with Crippen molar-refractivity contribution in [1.29, 1.82) is 0 Å². The van der Waals surface area contributed by atoms with E-state index in [1.54, 1.807) is 43.8 Å². The first-order valence-corrected chi connectivity index (χ1v) is 12.4. The van der Waals surface area contributed by atoms with Gasteiger partial charge in [0.25, 0.3) is 0 Å². The van der Waals surface area contributed by atoms with E-state index in [0.29, 0.717) is 36.2 Å². The molecule has 37 heavy (non-hydrogen) atoms. The predicted molar refractivity (Wildman–Crippen MR) is 141 cm³/mol. The molecule has 2 aromatic rings. The smallest absolute Gasteiger partial charge is 0.410 e. The van der Waals surface area contributed by atoms with E-state index in [4.69, 9.17) is 23.9 Å². The van der Waals surface area contributed by atoms with Gasteiger partial charge in [-0.05, 0) is 51.8 Å². The third-order valence-corrected chi connectivity index (χ3v) is 6.00. The van der Waals surface area contributed by atoms with E-state index < -0.39 is 11.8 Å². The Hall–Kier alpha value is -3.66. The molecular formula is C27H35N5O5. The zero-order chi connectivity index (χ0) is 26.4. The van der Waals surface area contributed by atoms with Crippen LogP contribution in [-0.2, 0) is 4.74 Å². The maximum absolute atomic E-state index is 12.7. The van der Waals surface area contributed by atoms with Crippen LogP contribution >= 0.6 is 0 Å². The lowest BCUT2D eigenvalue weighted by Crippen LogP contribution is -2.50. The zero-order valence-corrected chi connectivity index (χ0v) is 22.0. The normalized spacial score (nSPS) is 21.4. The molecule has 0 aliphatic carbocycles. The maximum atomic E-state index is 12.7. The second-order valence-electron chi connectivity index (χ2n) is 9.93. The van der Waals surface area contributed by atoms with Crippen molar-refractivity contribution in [2.45, 2.75) is 57.5 Å². The number of methoxy groups -OCH3 is 2. The van der Waals surface area contributed by atoms with Crippen LogP contribution in [0.2, 0.25) is 0 Å². The summed E-state index contributed by atoms with van der Waals surface area (Å²) < 4.78 is 22.5. The number of nitrogens with zero attached hydrogens (tertiary/aromatic N) is 4. The highest BCUT2D eigenvalue weighted by Gasteiger charge is 2.33. The average molecular weight is 510 g/mol. The minimum atomic E-state index is -0.540. The predicted octanol–water partition coefficient (Wildman–Crippen LogP) is 4.02. The molecule has 3 heterocycles. The van der Waals surface area contributed by atoms with Crippen LogP contribution in [0.25, 0.3) is 0 Å². The van der Waals surface area contributed by atoms with Gasteiger partial charge in [-0.15, -0.1) is 0 Å². The number of benzene rings is 1. The Labute approximate surface area is 217 Å². The topological polar surface area (TPSA) is 107 Å². The van der Waals surface area contributed by atoms with E-state index in [9.17, 15) is 4.79 Å². The summed E-state index contributed by atoms with van der Waals surface area (Å²) in [4.78, 5) is 28.2. The van der Waals surface area contributed by atoms with Crippen molar-refractivity contribution in [1.82, 2.24) is 15.2 Å². The molecule has 2 aliphatic heterocycles. The first-order chi connectivity index (χ1) is 17.8. The van der Waals surface area contributed by atoms with Gasteiger partial charge in [0, 0.05) is 43.2 Å². The highest BCUT2D eigenvalue weighted by molar-refractivity contribution is 6.00. The van der Waals surface area contributed by atoms with E-state index in [1.807, 2.05) is 45.0 Å². The quantitative estimate of drug-likeness (QED) is 0.601. The third-order valence-electron chi connectivity index (χ3n) is 6.00. The molecule has 1 aromatic carbocycles. The molecule has 198 valence electrons. The molecule has 4 rings (SSSR count). The minimum Gasteiger partial charge on any atom is -0.497 e. The van der Waals surface area contributed by atoms with Gasteiger partial charge in [0.15, 0.2) is 6.17 Å². The average Bonchev–Trinajstić information content (AvgIpc) is 3.36. The Balaban J connectivity index is 1.51. The Morgan fingerprint density at radius 2 is 1.89 bits per heavy atom. The standard InChI is InChI=1S/C27H35N5O5/c1-27(2,3)37-26(33)32-11-7-8-19(32)15-29-23-17-30-24(18-12-22(35-5)16-28-14-18)31-25(23)36-21-10-6-9-20(13-21)34-4/h6,9-10,12-14,16-17,19,23-24,29H,7-8,11,15H2,1-5H3. The number of carbonyl (C=O) groups is 1. The van der Waals surface area contributed by atoms with Gasteiger partial charge in [-0.2, -0.15) is 0 Å². The lowest BCUT2D eigenvalue weighted by molar-refractivity contribution is 0.0226. The van der Waals surface area contributed by atoms with Crippen LogP contribution in [0, 0.1) is 0 Å². The highest BCUT2D eigenvalue weighted by atomic mass is 16.6. The van der Waals surface area contributed by atoms with Crippen molar-refractivity contribution in [3.8, 4) is 17.2 Å². The summed E-state index contributed by atoms with van der Waals surface area (Å²) >= 11 is 0. The number of pyridine rings is 1. The SMILES string of the molecule is COc1cccc(OC2=NC(c3cncc(OC)c3)N=CC2NCC2CCCN2C(=O)OC(C)(C)C)c1. The van der Waals surface area contributed by atoms with Crippen LogP contribution < -0.4 is 19.5 Å². The van der Waals surface area contributed by atoms with Crippen molar-refractivity contribution in [3.05, 3.63) is 48.3 Å². The zero-order valence-electron chi connectivity index (χ0n) is 22.0. The Morgan fingerprint density at radius 3 is 2.65 bits per heavy atom. The van der Waals surface area contributed by atoms with Crippen LogP contribution in [0.4, 0.5) is 4.79 Å². The second kappa shape index (κ2) is 11.6. The lowest BCUT2D eigenvalue weighted by atomic mass is 10.1. The number of nitrogens with one attached hydrogen (secondary N) is 1. The van der Waals surface area contributed by atoms with E-state index in [1.165, 1.54) is 0 Å². The maximum Gasteiger partial charge on any atom is 0.410 e. The van der Waals surface area contributed by atoms with Gasteiger partial charge in [-0.25, -0.2) is 9.79 Å². The number of aromatic nitrogens is 1. The molecule has 0 bridgehead atoms. The van der Waals surface area contributed by atoms with Gasteiger partial charge < -0.3 is 23.8 Å². The van der Waals surface area contributed by atoms with Gasteiger partial charge in [0.05, 0.1) is 20.4 Å². The van der Waals surface area contributed by atoms with Crippen molar-refractivity contribution in [2.24, 2.45) is 9.98 Å². The van der Waals surface area contributed by atoms with Crippen molar-refractivity contribution < 1.29 is 23.7 Å². The van der Waals surface area contributed by atoms with E-state index in [0.717, 1.165) is 18.4 Å². The van der Waals surface area contributed by atoms with E-state index in [-0.39, 0.29) is 18.2 Å². The van der Waals surface area contributed by atoms with E-state index in [2.05, 4.69) is 15.3 Å². The van der Waals surface area contributed by atoms with Gasteiger partial charge >= 0.3 is 6.09 Å². The second-order valence-corrected chi connectivity index (χ2v) is 9.93. The summed E-state index contributed by atoms with van der Waals surface area (Å²) in [6, 6.07) is 8.82. The van der Waals surface area contributed by atoms with Gasteiger partial charge in [0.1, 0.15) is 28.9 Å². The van der Waals surface area contributed by atoms with E-state index >= 15 is 0 Å². The molecule has 0 saturated carbocycles. The summed E-state index contributed by atoms with van der Waals surface area (Å²) in [5.74, 6) is 2.36. The first kappa shape index (κ1) is 26.4. The Bertz CT molecular complexity index is 1150. The van der Waals surface area contributed by atoms with Gasteiger partial charge in [0.2, 0.25) is 5.90 Å². The summed E-state index contributed by atoms with van der Waals surface area (Å²) in [5.41, 5.74) is 0.245. The van der Waals surface area contributed by atoms with Crippen LogP contribution in [0.3, 0.4) is 0 Å². The van der Waals surface area contributed by atoms with Gasteiger partial charge in [-0.3, -0.25) is 15.3 Å². The molecule has 0 spiro atoms. The molecule has 2 aliphatic rings. The molecule has 1 saturated heterocycles. The summed E-state index contributed by atoms with van der Waals surface area (Å²) in [7, 11) is 3.20. The van der Waals surface area contributed by atoms with Crippen LogP contribution in [0.5, 0.6) is 17.2 Å². The molecule has 1 N–H and O–H groups in total. The molecule has 1 amide bonds. The third kappa shape index (κ3) is 6.97. The van der Waals surface area contributed by atoms with Crippen LogP contribution in [-0.4, -0.2) is 73.1 Å². The summed E-state index contributed by atoms with van der Waals surface area (Å²) in [5, 5.41) is 3.48. The molecule has 10 nitrogen and oxygen atoms in total. The lowest BCUT2D eigenvalue weighted by Gasteiger charge is -2.30. The van der Waals surface area contributed by atoms with Crippen molar-refractivity contribution in [2.75, 3.05) is 27.3 Å². The molecule has 3 unspecified atom stereocenters. The largest absolute Gasteiger partial charge is 0.497 e. The number of carbonyl (C=O) groups excluding carboxylic acids is 1. The fourth-order valence-corrected chi connectivity index (χ4v) is 4.20. The number of hydrogen-bond acceptors (Lipinski definition) is 9. The Kier molecular flexibility index (Phi) is 8.27. The fourth-order valence-electron chi connectivity index (χ4n) is 4.20. The van der Waals surface area contributed by atoms with Crippen molar-refractivity contribution in [3.63, 3.8) is 0 Å². The minimum absolute atomic E-state index is 0.00151. The first-order valence-electron chi connectivity index (χ1n) is 12.4. The molecule has 0 radical (unpaired) electrons. The number of aliphatic imine (C=N–C) groups is 2. The molecule has 1 fully saturated rings. The Morgan fingerprint density at radius 1 is 1.11 bits per heavy atom. The number of likely N-dealkylation sites (tertiary alicyclic amines) is 1. The highest BCUT2D eigenvalue weighted by Crippen LogP contribution is 2.27.